The Labute approximate surface area is 210 Å². The summed E-state index contributed by atoms with van der Waals surface area (Å²) in [6, 6.07) is -0.805. The molecule has 5 nitrogen and oxygen atoms in total. The lowest BCUT2D eigenvalue weighted by atomic mass is 10.0. The molecule has 3 atom stereocenters. The number of unbranched alkanes of at least 4 members (excludes halogenated alkanes) is 14. The molecule has 0 rings (SSSR count). The van der Waals surface area contributed by atoms with Gasteiger partial charge in [0.1, 0.15) is 6.10 Å². The highest BCUT2D eigenvalue weighted by atomic mass is 16.3. The maximum atomic E-state index is 12.2. The second-order valence-electron chi connectivity index (χ2n) is 9.60. The highest BCUT2D eigenvalue weighted by Gasteiger charge is 2.22. The van der Waals surface area contributed by atoms with Gasteiger partial charge < -0.3 is 20.6 Å². The predicted molar refractivity (Wildman–Crippen MR) is 144 cm³/mol. The Balaban J connectivity index is 3.93. The lowest BCUT2D eigenvalue weighted by molar-refractivity contribution is -0.131. The van der Waals surface area contributed by atoms with Crippen molar-refractivity contribution in [3.8, 4) is 0 Å². The number of aliphatic hydroxyl groups excluding tert-OH is 3. The normalized spacial score (nSPS) is 14.6. The smallest absolute Gasteiger partial charge is 0.249 e. The van der Waals surface area contributed by atoms with Crippen molar-refractivity contribution in [1.82, 2.24) is 5.32 Å². The first-order valence-corrected chi connectivity index (χ1v) is 14.2. The first-order valence-electron chi connectivity index (χ1n) is 14.2. The molecule has 200 valence electrons. The zero-order valence-corrected chi connectivity index (χ0v) is 22.2. The van der Waals surface area contributed by atoms with Gasteiger partial charge in [0.2, 0.25) is 5.91 Å². The van der Waals surface area contributed by atoms with Crippen LogP contribution in [0, 0.1) is 0 Å². The summed E-state index contributed by atoms with van der Waals surface area (Å²) in [5, 5.41) is 32.5. The molecule has 5 heteroatoms. The minimum Gasteiger partial charge on any atom is -0.394 e. The molecule has 0 radical (unpaired) electrons. The van der Waals surface area contributed by atoms with Gasteiger partial charge in [0.05, 0.1) is 18.8 Å². The van der Waals surface area contributed by atoms with E-state index in [1.165, 1.54) is 70.6 Å². The number of carbonyl (C=O) groups is 1. The number of hydrogen-bond acceptors (Lipinski definition) is 4. The van der Waals surface area contributed by atoms with E-state index in [1.54, 1.807) is 6.08 Å². The van der Waals surface area contributed by atoms with Gasteiger partial charge in [-0.05, 0) is 32.1 Å². The van der Waals surface area contributed by atoms with Crippen LogP contribution in [0.5, 0.6) is 0 Å². The molecule has 4 N–H and O–H groups in total. The molecule has 0 saturated carbocycles. The van der Waals surface area contributed by atoms with Crippen LogP contribution in [0.1, 0.15) is 129 Å². The first-order chi connectivity index (χ1) is 16.6. The van der Waals surface area contributed by atoms with Crippen LogP contribution in [0.25, 0.3) is 0 Å². The molecule has 0 saturated heterocycles. The monoisotopic (exact) mass is 481 g/mol. The molecule has 0 spiro atoms. The molecular formula is C29H55NO4. The number of carbonyl (C=O) groups excluding carboxylic acids is 1. The Morgan fingerprint density at radius 2 is 1.21 bits per heavy atom. The summed E-state index contributed by atoms with van der Waals surface area (Å²) in [4.78, 5) is 12.2. The van der Waals surface area contributed by atoms with E-state index >= 15 is 0 Å². The average Bonchev–Trinajstić information content (AvgIpc) is 2.84. The standard InChI is InChI=1S/C29H55NO4/c1-3-5-7-9-11-13-15-17-19-21-23-27(32)26(25-31)30-29(34)28(33)24-22-20-18-16-14-12-10-8-6-4-2/h13,15,21,23,26-28,31-33H,3-12,14,16-20,22,24-25H2,1-2H3,(H,30,34)/b15-13+,23-21+. The quantitative estimate of drug-likeness (QED) is 0.0954. The molecule has 0 aliphatic rings. The van der Waals surface area contributed by atoms with Gasteiger partial charge in [0.15, 0.2) is 0 Å². The van der Waals surface area contributed by atoms with Crippen molar-refractivity contribution in [1.29, 1.82) is 0 Å². The fourth-order valence-electron chi connectivity index (χ4n) is 3.96. The summed E-state index contributed by atoms with van der Waals surface area (Å²) >= 11 is 0. The highest BCUT2D eigenvalue weighted by molar-refractivity contribution is 5.80. The summed E-state index contributed by atoms with van der Waals surface area (Å²) in [7, 11) is 0. The van der Waals surface area contributed by atoms with E-state index in [0.717, 1.165) is 38.5 Å². The molecule has 0 aliphatic carbocycles. The average molecular weight is 482 g/mol. The maximum absolute atomic E-state index is 12.2. The Morgan fingerprint density at radius 1 is 0.706 bits per heavy atom. The van der Waals surface area contributed by atoms with Crippen LogP contribution in [0.15, 0.2) is 24.3 Å². The molecule has 3 unspecified atom stereocenters. The van der Waals surface area contributed by atoms with Gasteiger partial charge in [-0.1, -0.05) is 122 Å². The minimum absolute atomic E-state index is 0.375. The number of aliphatic hydroxyl groups is 3. The van der Waals surface area contributed by atoms with Crippen LogP contribution in [0.3, 0.4) is 0 Å². The molecule has 0 aliphatic heterocycles. The van der Waals surface area contributed by atoms with Gasteiger partial charge in [0.25, 0.3) is 0 Å². The Kier molecular flexibility index (Phi) is 24.1. The highest BCUT2D eigenvalue weighted by Crippen LogP contribution is 2.12. The molecule has 0 aromatic rings. The summed E-state index contributed by atoms with van der Waals surface area (Å²) in [6.07, 6.45) is 26.2. The van der Waals surface area contributed by atoms with E-state index in [1.807, 2.05) is 6.08 Å². The number of allylic oxidation sites excluding steroid dienone is 3. The van der Waals surface area contributed by atoms with Gasteiger partial charge in [-0.25, -0.2) is 0 Å². The van der Waals surface area contributed by atoms with Crippen molar-refractivity contribution in [3.63, 3.8) is 0 Å². The largest absolute Gasteiger partial charge is 0.394 e. The molecule has 0 aromatic carbocycles. The van der Waals surface area contributed by atoms with Crippen molar-refractivity contribution < 1.29 is 20.1 Å². The van der Waals surface area contributed by atoms with Crippen molar-refractivity contribution in [2.45, 2.75) is 148 Å². The van der Waals surface area contributed by atoms with E-state index < -0.39 is 24.2 Å². The maximum Gasteiger partial charge on any atom is 0.249 e. The van der Waals surface area contributed by atoms with Crippen LogP contribution in [-0.2, 0) is 4.79 Å². The zero-order chi connectivity index (χ0) is 25.3. The predicted octanol–water partition coefficient (Wildman–Crippen LogP) is 6.36. The lowest BCUT2D eigenvalue weighted by Crippen LogP contribution is -2.48. The number of amides is 1. The summed E-state index contributed by atoms with van der Waals surface area (Å²) in [5.41, 5.74) is 0. The molecule has 0 bridgehead atoms. The van der Waals surface area contributed by atoms with Gasteiger partial charge >= 0.3 is 0 Å². The van der Waals surface area contributed by atoms with Gasteiger partial charge in [0, 0.05) is 0 Å². The number of hydrogen-bond donors (Lipinski definition) is 4. The van der Waals surface area contributed by atoms with Crippen molar-refractivity contribution in [3.05, 3.63) is 24.3 Å². The fraction of sp³-hybridized carbons (Fsp3) is 0.828. The third-order valence-electron chi connectivity index (χ3n) is 6.29. The topological polar surface area (TPSA) is 89.8 Å². The minimum atomic E-state index is -1.10. The Bertz CT molecular complexity index is 506. The number of nitrogens with one attached hydrogen (secondary N) is 1. The van der Waals surface area contributed by atoms with Gasteiger partial charge in [-0.2, -0.15) is 0 Å². The van der Waals surface area contributed by atoms with Crippen LogP contribution < -0.4 is 5.32 Å². The Morgan fingerprint density at radius 3 is 1.79 bits per heavy atom. The van der Waals surface area contributed by atoms with Crippen LogP contribution >= 0.6 is 0 Å². The summed E-state index contributed by atoms with van der Waals surface area (Å²) in [5.74, 6) is -0.520. The van der Waals surface area contributed by atoms with E-state index in [4.69, 9.17) is 0 Å². The second-order valence-corrected chi connectivity index (χ2v) is 9.60. The lowest BCUT2D eigenvalue weighted by Gasteiger charge is -2.21. The van der Waals surface area contributed by atoms with Crippen LogP contribution in [0.4, 0.5) is 0 Å². The zero-order valence-electron chi connectivity index (χ0n) is 22.2. The van der Waals surface area contributed by atoms with Crippen LogP contribution in [-0.4, -0.2) is 46.1 Å². The molecule has 1 amide bonds. The van der Waals surface area contributed by atoms with Gasteiger partial charge in [-0.15, -0.1) is 0 Å². The van der Waals surface area contributed by atoms with E-state index in [0.29, 0.717) is 6.42 Å². The van der Waals surface area contributed by atoms with Crippen molar-refractivity contribution >= 4 is 5.91 Å². The second kappa shape index (κ2) is 24.9. The van der Waals surface area contributed by atoms with Crippen molar-refractivity contribution in [2.75, 3.05) is 6.61 Å². The van der Waals surface area contributed by atoms with Gasteiger partial charge in [-0.3, -0.25) is 4.79 Å². The third-order valence-corrected chi connectivity index (χ3v) is 6.29. The van der Waals surface area contributed by atoms with E-state index in [2.05, 4.69) is 31.3 Å². The van der Waals surface area contributed by atoms with Crippen molar-refractivity contribution in [2.24, 2.45) is 0 Å². The molecule has 0 fully saturated rings. The SMILES string of the molecule is CCCCCC/C=C/CC/C=C/C(O)C(CO)NC(=O)C(O)CCCCCCCCCCCC. The summed E-state index contributed by atoms with van der Waals surface area (Å²) < 4.78 is 0. The van der Waals surface area contributed by atoms with Crippen LogP contribution in [0.2, 0.25) is 0 Å². The first kappa shape index (κ1) is 32.8. The molecular weight excluding hydrogens is 426 g/mol. The molecule has 34 heavy (non-hydrogen) atoms. The third kappa shape index (κ3) is 20.2. The van der Waals surface area contributed by atoms with E-state index in [9.17, 15) is 20.1 Å². The Hall–Kier alpha value is -1.17. The summed E-state index contributed by atoms with van der Waals surface area (Å²) in [6.45, 7) is 4.07. The molecule has 0 heterocycles. The van der Waals surface area contributed by atoms with E-state index in [-0.39, 0.29) is 6.61 Å². The molecule has 0 aromatic heterocycles. The number of rotatable bonds is 24. The fourth-order valence-corrected chi connectivity index (χ4v) is 3.96.